The van der Waals surface area contributed by atoms with Crippen LogP contribution in [0.3, 0.4) is 0 Å². The molecule has 0 aromatic carbocycles. The number of nitrogens with two attached hydrogens (primary N) is 1. The number of amides is 1. The van der Waals surface area contributed by atoms with Gasteiger partial charge in [-0.2, -0.15) is 0 Å². The molecule has 2 unspecified atom stereocenters. The van der Waals surface area contributed by atoms with E-state index in [9.17, 15) is 4.79 Å². The van der Waals surface area contributed by atoms with Gasteiger partial charge in [-0.3, -0.25) is 4.79 Å². The van der Waals surface area contributed by atoms with E-state index in [2.05, 4.69) is 12.2 Å². The van der Waals surface area contributed by atoms with Crippen molar-refractivity contribution in [3.05, 3.63) is 0 Å². The van der Waals surface area contributed by atoms with Crippen molar-refractivity contribution < 1.29 is 9.53 Å². The third-order valence-corrected chi connectivity index (χ3v) is 3.26. The van der Waals surface area contributed by atoms with E-state index < -0.39 is 0 Å². The molecule has 0 saturated carbocycles. The minimum atomic E-state index is -0.178. The fraction of sp³-hybridized carbons (Fsp3) is 0.917. The maximum atomic E-state index is 11.8. The highest BCUT2D eigenvalue weighted by Crippen LogP contribution is 2.19. The van der Waals surface area contributed by atoms with Crippen LogP contribution >= 0.6 is 0 Å². The van der Waals surface area contributed by atoms with E-state index >= 15 is 0 Å². The molecular formula is C12H24N2O2. The van der Waals surface area contributed by atoms with Gasteiger partial charge < -0.3 is 15.8 Å². The van der Waals surface area contributed by atoms with Crippen molar-refractivity contribution in [2.45, 2.75) is 45.1 Å². The van der Waals surface area contributed by atoms with Gasteiger partial charge in [0.05, 0.1) is 12.1 Å². The van der Waals surface area contributed by atoms with Crippen LogP contribution in [0, 0.1) is 5.92 Å². The molecule has 0 aromatic heterocycles. The normalized spacial score (nSPS) is 27.4. The lowest BCUT2D eigenvalue weighted by Gasteiger charge is -2.34. The van der Waals surface area contributed by atoms with Crippen LogP contribution in [0.1, 0.15) is 39.5 Å². The zero-order valence-corrected chi connectivity index (χ0v) is 10.4. The Bertz CT molecular complexity index is 221. The van der Waals surface area contributed by atoms with Crippen molar-refractivity contribution in [1.29, 1.82) is 0 Å². The lowest BCUT2D eigenvalue weighted by Crippen LogP contribution is -2.52. The van der Waals surface area contributed by atoms with Crippen LogP contribution in [0.25, 0.3) is 0 Å². The average Bonchev–Trinajstić information content (AvgIpc) is 2.26. The molecule has 94 valence electrons. The highest BCUT2D eigenvalue weighted by atomic mass is 16.5. The largest absolute Gasteiger partial charge is 0.379 e. The monoisotopic (exact) mass is 228 g/mol. The standard InChI is InChI=1S/C12H24N2O2/c1-3-10(8-13)7-11(15)14-12(2)5-4-6-16-9-12/h10H,3-9,13H2,1-2H3,(H,14,15). The molecule has 4 heteroatoms. The second kappa shape index (κ2) is 6.21. The fourth-order valence-corrected chi connectivity index (χ4v) is 2.08. The molecule has 0 aliphatic carbocycles. The number of ether oxygens (including phenoxy) is 1. The summed E-state index contributed by atoms with van der Waals surface area (Å²) < 4.78 is 5.40. The van der Waals surface area contributed by atoms with Gasteiger partial charge in [0, 0.05) is 13.0 Å². The summed E-state index contributed by atoms with van der Waals surface area (Å²) in [6, 6.07) is 0. The number of nitrogens with one attached hydrogen (secondary N) is 1. The number of carbonyl (C=O) groups excluding carboxylic acids is 1. The SMILES string of the molecule is CCC(CN)CC(=O)NC1(C)CCCOC1. The average molecular weight is 228 g/mol. The van der Waals surface area contributed by atoms with Crippen LogP contribution in [-0.4, -0.2) is 31.2 Å². The van der Waals surface area contributed by atoms with Gasteiger partial charge >= 0.3 is 0 Å². The minimum absolute atomic E-state index is 0.102. The van der Waals surface area contributed by atoms with E-state index in [1.807, 2.05) is 6.92 Å². The predicted molar refractivity (Wildman–Crippen MR) is 64.1 cm³/mol. The molecule has 1 amide bonds. The van der Waals surface area contributed by atoms with E-state index in [1.165, 1.54) is 0 Å². The summed E-state index contributed by atoms with van der Waals surface area (Å²) in [4.78, 5) is 11.8. The first-order valence-corrected chi connectivity index (χ1v) is 6.18. The van der Waals surface area contributed by atoms with Crippen molar-refractivity contribution in [3.8, 4) is 0 Å². The quantitative estimate of drug-likeness (QED) is 0.739. The first-order chi connectivity index (χ1) is 7.59. The third-order valence-electron chi connectivity index (χ3n) is 3.26. The van der Waals surface area contributed by atoms with Crippen molar-refractivity contribution >= 4 is 5.91 Å². The molecule has 3 N–H and O–H groups in total. The molecular weight excluding hydrogens is 204 g/mol. The van der Waals surface area contributed by atoms with Gasteiger partial charge in [-0.05, 0) is 32.2 Å². The Balaban J connectivity index is 2.37. The molecule has 1 saturated heterocycles. The second-order valence-corrected chi connectivity index (χ2v) is 4.98. The number of rotatable bonds is 5. The minimum Gasteiger partial charge on any atom is -0.379 e. The van der Waals surface area contributed by atoms with Crippen molar-refractivity contribution in [2.24, 2.45) is 11.7 Å². The highest BCUT2D eigenvalue weighted by Gasteiger charge is 2.29. The Morgan fingerprint density at radius 2 is 2.38 bits per heavy atom. The summed E-state index contributed by atoms with van der Waals surface area (Å²) in [6.07, 6.45) is 3.50. The number of hydrogen-bond donors (Lipinski definition) is 2. The molecule has 0 radical (unpaired) electrons. The zero-order chi connectivity index (χ0) is 12.0. The topological polar surface area (TPSA) is 64.4 Å². The zero-order valence-electron chi connectivity index (χ0n) is 10.4. The van der Waals surface area contributed by atoms with E-state index in [0.717, 1.165) is 25.9 Å². The van der Waals surface area contributed by atoms with Crippen molar-refractivity contribution in [1.82, 2.24) is 5.32 Å². The summed E-state index contributed by atoms with van der Waals surface area (Å²) in [7, 11) is 0. The summed E-state index contributed by atoms with van der Waals surface area (Å²) in [6.45, 7) is 6.13. The van der Waals surface area contributed by atoms with Gasteiger partial charge in [0.25, 0.3) is 0 Å². The van der Waals surface area contributed by atoms with Crippen molar-refractivity contribution in [2.75, 3.05) is 19.8 Å². The molecule has 1 aliphatic heterocycles. The summed E-state index contributed by atoms with van der Waals surface area (Å²) in [5.41, 5.74) is 5.41. The fourth-order valence-electron chi connectivity index (χ4n) is 2.08. The Morgan fingerprint density at radius 3 is 2.88 bits per heavy atom. The van der Waals surface area contributed by atoms with E-state index in [4.69, 9.17) is 10.5 Å². The van der Waals surface area contributed by atoms with Crippen LogP contribution in [0.15, 0.2) is 0 Å². The maximum absolute atomic E-state index is 11.8. The molecule has 1 fully saturated rings. The Labute approximate surface area is 97.9 Å². The summed E-state index contributed by atoms with van der Waals surface area (Å²) in [5, 5.41) is 3.07. The second-order valence-electron chi connectivity index (χ2n) is 4.98. The molecule has 2 atom stereocenters. The molecule has 0 bridgehead atoms. The first kappa shape index (κ1) is 13.5. The Kier molecular flexibility index (Phi) is 5.22. The predicted octanol–water partition coefficient (Wildman–Crippen LogP) is 1.05. The van der Waals surface area contributed by atoms with Crippen LogP contribution in [-0.2, 0) is 9.53 Å². The van der Waals surface area contributed by atoms with Gasteiger partial charge in [0.1, 0.15) is 0 Å². The van der Waals surface area contributed by atoms with Crippen LogP contribution < -0.4 is 11.1 Å². The third kappa shape index (κ3) is 4.10. The molecule has 1 heterocycles. The van der Waals surface area contributed by atoms with E-state index in [-0.39, 0.29) is 11.4 Å². The van der Waals surface area contributed by atoms with E-state index in [1.54, 1.807) is 0 Å². The lowest BCUT2D eigenvalue weighted by atomic mass is 9.93. The number of carbonyl (C=O) groups is 1. The Morgan fingerprint density at radius 1 is 1.62 bits per heavy atom. The first-order valence-electron chi connectivity index (χ1n) is 6.18. The van der Waals surface area contributed by atoms with Crippen LogP contribution in [0.2, 0.25) is 0 Å². The van der Waals surface area contributed by atoms with E-state index in [0.29, 0.717) is 25.5 Å². The van der Waals surface area contributed by atoms with Crippen molar-refractivity contribution in [3.63, 3.8) is 0 Å². The summed E-state index contributed by atoms with van der Waals surface area (Å²) >= 11 is 0. The Hall–Kier alpha value is -0.610. The van der Waals surface area contributed by atoms with Gasteiger partial charge in [-0.25, -0.2) is 0 Å². The van der Waals surface area contributed by atoms with Crippen LogP contribution in [0.5, 0.6) is 0 Å². The highest BCUT2D eigenvalue weighted by molar-refractivity contribution is 5.77. The van der Waals surface area contributed by atoms with Gasteiger partial charge in [0.2, 0.25) is 5.91 Å². The summed E-state index contributed by atoms with van der Waals surface area (Å²) in [5.74, 6) is 0.401. The van der Waals surface area contributed by atoms with Gasteiger partial charge in [-0.15, -0.1) is 0 Å². The van der Waals surface area contributed by atoms with Gasteiger partial charge in [-0.1, -0.05) is 13.3 Å². The smallest absolute Gasteiger partial charge is 0.220 e. The molecule has 1 aliphatic rings. The molecule has 0 spiro atoms. The molecule has 1 rings (SSSR count). The number of hydrogen-bond acceptors (Lipinski definition) is 3. The van der Waals surface area contributed by atoms with Crippen LogP contribution in [0.4, 0.5) is 0 Å². The molecule has 16 heavy (non-hydrogen) atoms. The lowest BCUT2D eigenvalue weighted by molar-refractivity contribution is -0.125. The molecule has 4 nitrogen and oxygen atoms in total. The van der Waals surface area contributed by atoms with Gasteiger partial charge in [0.15, 0.2) is 0 Å². The molecule has 0 aromatic rings. The maximum Gasteiger partial charge on any atom is 0.220 e.